The molecule has 1 aromatic carbocycles. The first-order valence-corrected chi connectivity index (χ1v) is 7.07. The molecule has 3 nitrogen and oxygen atoms in total. The number of fused-ring (bicyclic) bond motifs is 1. The zero-order valence-corrected chi connectivity index (χ0v) is 11.5. The van der Waals surface area contributed by atoms with Crippen molar-refractivity contribution in [1.29, 1.82) is 0 Å². The highest BCUT2D eigenvalue weighted by molar-refractivity contribution is 5.81. The predicted molar refractivity (Wildman–Crippen MR) is 79.4 cm³/mol. The maximum Gasteiger partial charge on any atom is 0.0734 e. The van der Waals surface area contributed by atoms with Gasteiger partial charge in [0.25, 0.3) is 0 Å². The number of nitrogens with one attached hydrogen (secondary N) is 1. The summed E-state index contributed by atoms with van der Waals surface area (Å²) < 4.78 is 0. The molecule has 0 radical (unpaired) electrons. The minimum atomic E-state index is 0.660. The summed E-state index contributed by atoms with van der Waals surface area (Å²) in [4.78, 5) is 6.89. The molecule has 0 amide bonds. The van der Waals surface area contributed by atoms with E-state index in [9.17, 15) is 0 Å². The molecule has 19 heavy (non-hydrogen) atoms. The van der Waals surface area contributed by atoms with Gasteiger partial charge in [-0.15, -0.1) is 0 Å². The number of hydrogen-bond donors (Lipinski definition) is 1. The van der Waals surface area contributed by atoms with Crippen molar-refractivity contribution in [2.24, 2.45) is 0 Å². The molecule has 1 fully saturated rings. The van der Waals surface area contributed by atoms with Crippen LogP contribution in [0.25, 0.3) is 10.9 Å². The lowest BCUT2D eigenvalue weighted by atomic mass is 10.1. The van der Waals surface area contributed by atoms with E-state index in [1.165, 1.54) is 30.5 Å². The molecular weight excluding hydrogens is 234 g/mol. The first kappa shape index (κ1) is 12.6. The normalized spacial score (nSPS) is 20.2. The molecule has 0 saturated carbocycles. The van der Waals surface area contributed by atoms with E-state index in [1.54, 1.807) is 0 Å². The topological polar surface area (TPSA) is 28.2 Å². The summed E-state index contributed by atoms with van der Waals surface area (Å²) in [5.41, 5.74) is 2.49. The molecule has 0 bridgehead atoms. The predicted octanol–water partition coefficient (Wildman–Crippen LogP) is 2.07. The highest BCUT2D eigenvalue weighted by Crippen LogP contribution is 2.16. The van der Waals surface area contributed by atoms with Gasteiger partial charge in [0.05, 0.1) is 5.52 Å². The number of pyridine rings is 1. The van der Waals surface area contributed by atoms with Crippen molar-refractivity contribution in [2.45, 2.75) is 18.9 Å². The van der Waals surface area contributed by atoms with Gasteiger partial charge in [-0.2, -0.15) is 0 Å². The van der Waals surface area contributed by atoms with Crippen LogP contribution in [0.3, 0.4) is 0 Å². The van der Waals surface area contributed by atoms with Gasteiger partial charge in [-0.3, -0.25) is 4.98 Å². The second-order valence-electron chi connectivity index (χ2n) is 5.44. The van der Waals surface area contributed by atoms with Crippen LogP contribution in [0.15, 0.2) is 36.5 Å². The maximum atomic E-state index is 4.51. The second kappa shape index (κ2) is 5.68. The smallest absolute Gasteiger partial charge is 0.0734 e. The molecule has 1 aliphatic heterocycles. The molecule has 3 rings (SSSR count). The van der Waals surface area contributed by atoms with E-state index in [-0.39, 0.29) is 0 Å². The van der Waals surface area contributed by atoms with E-state index in [0.717, 1.165) is 18.5 Å². The van der Waals surface area contributed by atoms with Crippen molar-refractivity contribution < 1.29 is 0 Å². The van der Waals surface area contributed by atoms with Gasteiger partial charge in [0, 0.05) is 24.2 Å². The molecule has 0 spiro atoms. The largest absolute Gasteiger partial charge is 0.312 e. The number of para-hydroxylation sites is 1. The van der Waals surface area contributed by atoms with Crippen molar-refractivity contribution in [3.63, 3.8) is 0 Å². The molecule has 1 saturated heterocycles. The Morgan fingerprint density at radius 2 is 2.21 bits per heavy atom. The Morgan fingerprint density at radius 3 is 3.05 bits per heavy atom. The number of likely N-dealkylation sites (N-methyl/N-ethyl adjacent to an activating group) is 1. The highest BCUT2D eigenvalue weighted by Gasteiger charge is 2.18. The zero-order valence-electron chi connectivity index (χ0n) is 11.5. The summed E-state index contributed by atoms with van der Waals surface area (Å²) in [6.07, 6.45) is 4.20. The summed E-state index contributed by atoms with van der Waals surface area (Å²) in [6, 6.07) is 11.2. The van der Waals surface area contributed by atoms with Crippen molar-refractivity contribution in [1.82, 2.24) is 15.2 Å². The summed E-state index contributed by atoms with van der Waals surface area (Å²) in [6.45, 7) is 3.43. The van der Waals surface area contributed by atoms with Crippen LogP contribution < -0.4 is 5.32 Å². The van der Waals surface area contributed by atoms with E-state index in [4.69, 9.17) is 0 Å². The molecule has 100 valence electrons. The monoisotopic (exact) mass is 255 g/mol. The van der Waals surface area contributed by atoms with Gasteiger partial charge < -0.3 is 10.2 Å². The van der Waals surface area contributed by atoms with Crippen LogP contribution in [-0.4, -0.2) is 42.6 Å². The SMILES string of the molecule is CN1CCC(NCCc2cccc3cccnc23)C1. The Kier molecular flexibility index (Phi) is 3.76. The molecule has 3 heteroatoms. The Bertz CT molecular complexity index is 547. The summed E-state index contributed by atoms with van der Waals surface area (Å²) in [5.74, 6) is 0. The Morgan fingerprint density at radius 1 is 1.32 bits per heavy atom. The average molecular weight is 255 g/mol. The van der Waals surface area contributed by atoms with E-state index < -0.39 is 0 Å². The van der Waals surface area contributed by atoms with Gasteiger partial charge in [0.15, 0.2) is 0 Å². The van der Waals surface area contributed by atoms with Crippen molar-refractivity contribution in [2.75, 3.05) is 26.7 Å². The quantitative estimate of drug-likeness (QED) is 0.906. The molecular formula is C16H21N3. The maximum absolute atomic E-state index is 4.51. The number of aromatic nitrogens is 1. The fourth-order valence-electron chi connectivity index (χ4n) is 2.88. The molecule has 1 aliphatic rings. The lowest BCUT2D eigenvalue weighted by Crippen LogP contribution is -2.32. The zero-order chi connectivity index (χ0) is 13.1. The van der Waals surface area contributed by atoms with Gasteiger partial charge in [0.1, 0.15) is 0 Å². The summed E-state index contributed by atoms with van der Waals surface area (Å²) in [5, 5.41) is 4.89. The van der Waals surface area contributed by atoms with Crippen molar-refractivity contribution in [3.8, 4) is 0 Å². The number of nitrogens with zero attached hydrogens (tertiary/aromatic N) is 2. The molecule has 1 atom stereocenters. The number of hydrogen-bond acceptors (Lipinski definition) is 3. The fraction of sp³-hybridized carbons (Fsp3) is 0.438. The first-order valence-electron chi connectivity index (χ1n) is 7.07. The van der Waals surface area contributed by atoms with Gasteiger partial charge >= 0.3 is 0 Å². The average Bonchev–Trinajstić information content (AvgIpc) is 2.85. The van der Waals surface area contributed by atoms with Crippen molar-refractivity contribution >= 4 is 10.9 Å². The Labute approximate surface area is 114 Å². The van der Waals surface area contributed by atoms with Crippen LogP contribution in [0.1, 0.15) is 12.0 Å². The standard InChI is InChI=1S/C16H21N3/c1-19-11-8-15(12-19)17-10-7-14-5-2-4-13-6-3-9-18-16(13)14/h2-6,9,15,17H,7-8,10-12H2,1H3. The third-order valence-electron chi connectivity index (χ3n) is 3.93. The van der Waals surface area contributed by atoms with Crippen LogP contribution in [0.4, 0.5) is 0 Å². The molecule has 1 N–H and O–H groups in total. The molecule has 1 aromatic heterocycles. The van der Waals surface area contributed by atoms with E-state index >= 15 is 0 Å². The van der Waals surface area contributed by atoms with Gasteiger partial charge in [-0.05, 0) is 44.6 Å². The highest BCUT2D eigenvalue weighted by atomic mass is 15.2. The van der Waals surface area contributed by atoms with Gasteiger partial charge in [0.2, 0.25) is 0 Å². The van der Waals surface area contributed by atoms with Crippen LogP contribution in [0.2, 0.25) is 0 Å². The summed E-state index contributed by atoms with van der Waals surface area (Å²) in [7, 11) is 2.19. The van der Waals surface area contributed by atoms with Crippen LogP contribution >= 0.6 is 0 Å². The fourth-order valence-corrected chi connectivity index (χ4v) is 2.88. The van der Waals surface area contributed by atoms with Crippen LogP contribution in [0, 0.1) is 0 Å². The molecule has 0 aliphatic carbocycles. The van der Waals surface area contributed by atoms with Crippen LogP contribution in [0.5, 0.6) is 0 Å². The van der Waals surface area contributed by atoms with Gasteiger partial charge in [-0.25, -0.2) is 0 Å². The lowest BCUT2D eigenvalue weighted by molar-refractivity contribution is 0.398. The lowest BCUT2D eigenvalue weighted by Gasteiger charge is -2.13. The number of likely N-dealkylation sites (tertiary alicyclic amines) is 1. The second-order valence-corrected chi connectivity index (χ2v) is 5.44. The molecule has 1 unspecified atom stereocenters. The Hall–Kier alpha value is -1.45. The number of rotatable bonds is 4. The molecule has 2 aromatic rings. The summed E-state index contributed by atoms with van der Waals surface area (Å²) >= 11 is 0. The van der Waals surface area contributed by atoms with Gasteiger partial charge in [-0.1, -0.05) is 24.3 Å². The Balaban J connectivity index is 1.62. The minimum absolute atomic E-state index is 0.660. The number of benzene rings is 1. The molecule has 2 heterocycles. The van der Waals surface area contributed by atoms with E-state index in [0.29, 0.717) is 6.04 Å². The first-order chi connectivity index (χ1) is 9.33. The van der Waals surface area contributed by atoms with Crippen LogP contribution in [-0.2, 0) is 6.42 Å². The van der Waals surface area contributed by atoms with Crippen molar-refractivity contribution in [3.05, 3.63) is 42.1 Å². The van der Waals surface area contributed by atoms with E-state index in [2.05, 4.69) is 46.5 Å². The minimum Gasteiger partial charge on any atom is -0.312 e. The third kappa shape index (κ3) is 2.94. The van der Waals surface area contributed by atoms with E-state index in [1.807, 2.05) is 12.3 Å². The third-order valence-corrected chi connectivity index (χ3v) is 3.93.